The van der Waals surface area contributed by atoms with Crippen LogP contribution in [0, 0.1) is 0 Å². The quantitative estimate of drug-likeness (QED) is 0.272. The van der Waals surface area contributed by atoms with Gasteiger partial charge in [-0.2, -0.15) is 4.98 Å². The maximum absolute atomic E-state index is 6.00. The first-order valence-electron chi connectivity index (χ1n) is 8.64. The Bertz CT molecular complexity index is 913. The first-order valence-corrected chi connectivity index (χ1v) is 9.84. The van der Waals surface area contributed by atoms with Gasteiger partial charge >= 0.3 is 0 Å². The second kappa shape index (κ2) is 11.3. The second-order valence-corrected chi connectivity index (χ2v) is 7.33. The minimum atomic E-state index is 0. The van der Waals surface area contributed by atoms with Crippen LogP contribution in [0.1, 0.15) is 22.7 Å². The molecule has 1 aromatic carbocycles. The zero-order valence-electron chi connectivity index (χ0n) is 15.6. The summed E-state index contributed by atoms with van der Waals surface area (Å²) >= 11 is 7.71. The number of guanidine groups is 1. The summed E-state index contributed by atoms with van der Waals surface area (Å²) in [7, 11) is 1.73. The van der Waals surface area contributed by atoms with Crippen LogP contribution in [0.25, 0.3) is 11.4 Å². The molecule has 2 N–H and O–H groups in total. The van der Waals surface area contributed by atoms with Crippen LogP contribution >= 0.6 is 46.9 Å². The number of hydrogen-bond donors (Lipinski definition) is 2. The van der Waals surface area contributed by atoms with Crippen molar-refractivity contribution in [3.8, 4) is 11.4 Å². The molecule has 0 saturated heterocycles. The summed E-state index contributed by atoms with van der Waals surface area (Å²) < 4.78 is 5.31. The Balaban J connectivity index is 0.00000280. The number of hydrogen-bond acceptors (Lipinski definition) is 6. The molecule has 0 bridgehead atoms. The molecular formula is C18H22ClIN6OS. The van der Waals surface area contributed by atoms with E-state index in [2.05, 4.69) is 37.7 Å². The van der Waals surface area contributed by atoms with Gasteiger partial charge in [0.1, 0.15) is 5.01 Å². The second-order valence-electron chi connectivity index (χ2n) is 5.70. The van der Waals surface area contributed by atoms with Crippen LogP contribution < -0.4 is 10.6 Å². The Hall–Kier alpha value is -1.72. The average Bonchev–Trinajstić information content (AvgIpc) is 3.34. The van der Waals surface area contributed by atoms with Gasteiger partial charge in [0.15, 0.2) is 5.96 Å². The summed E-state index contributed by atoms with van der Waals surface area (Å²) in [5.41, 5.74) is 0.831. The van der Waals surface area contributed by atoms with Crippen LogP contribution in [-0.2, 0) is 19.4 Å². The summed E-state index contributed by atoms with van der Waals surface area (Å²) in [6, 6.07) is 7.37. The van der Waals surface area contributed by atoms with E-state index in [-0.39, 0.29) is 24.0 Å². The lowest BCUT2D eigenvalue weighted by Gasteiger charge is -2.09. The van der Waals surface area contributed by atoms with Gasteiger partial charge in [0.05, 0.1) is 6.54 Å². The molecule has 0 saturated carbocycles. The number of nitrogens with zero attached hydrogens (tertiary/aromatic N) is 4. The molecule has 0 spiro atoms. The molecule has 2 aromatic heterocycles. The fraction of sp³-hybridized carbons (Fsp3) is 0.333. The van der Waals surface area contributed by atoms with Gasteiger partial charge in [0.2, 0.25) is 11.7 Å². The van der Waals surface area contributed by atoms with Crippen molar-refractivity contribution < 1.29 is 4.52 Å². The number of thiazole rings is 1. The number of rotatable bonds is 7. The van der Waals surface area contributed by atoms with Crippen molar-refractivity contribution in [3.63, 3.8) is 0 Å². The molecule has 0 unspecified atom stereocenters. The monoisotopic (exact) mass is 532 g/mol. The molecule has 150 valence electrons. The summed E-state index contributed by atoms with van der Waals surface area (Å²) in [6.45, 7) is 3.39. The van der Waals surface area contributed by atoms with Crippen LogP contribution in [0.2, 0.25) is 5.02 Å². The van der Waals surface area contributed by atoms with Gasteiger partial charge in [-0.25, -0.2) is 4.98 Å². The fourth-order valence-electron chi connectivity index (χ4n) is 2.36. The zero-order valence-corrected chi connectivity index (χ0v) is 19.5. The normalized spacial score (nSPS) is 11.2. The van der Waals surface area contributed by atoms with E-state index in [0.29, 0.717) is 42.2 Å². The molecule has 0 amide bonds. The van der Waals surface area contributed by atoms with Crippen molar-refractivity contribution in [1.29, 1.82) is 0 Å². The van der Waals surface area contributed by atoms with Crippen molar-refractivity contribution in [2.45, 2.75) is 26.3 Å². The maximum Gasteiger partial charge on any atom is 0.228 e. The van der Waals surface area contributed by atoms with E-state index in [1.54, 1.807) is 18.4 Å². The van der Waals surface area contributed by atoms with Crippen molar-refractivity contribution in [2.75, 3.05) is 13.6 Å². The Kier molecular flexibility index (Phi) is 9.13. The van der Waals surface area contributed by atoms with Crippen molar-refractivity contribution >= 4 is 52.9 Å². The van der Waals surface area contributed by atoms with Gasteiger partial charge in [-0.1, -0.05) is 35.8 Å². The molecule has 0 aliphatic carbocycles. The van der Waals surface area contributed by atoms with E-state index in [1.807, 2.05) is 30.5 Å². The van der Waals surface area contributed by atoms with Gasteiger partial charge in [-0.05, 0) is 18.6 Å². The van der Waals surface area contributed by atoms with Gasteiger partial charge in [0, 0.05) is 41.7 Å². The van der Waals surface area contributed by atoms with Crippen LogP contribution in [0.3, 0.4) is 0 Å². The van der Waals surface area contributed by atoms with Gasteiger partial charge in [-0.3, -0.25) is 4.99 Å². The Morgan fingerprint density at radius 1 is 1.32 bits per heavy atom. The molecule has 0 fully saturated rings. The molecule has 0 radical (unpaired) electrons. The van der Waals surface area contributed by atoms with E-state index < -0.39 is 0 Å². The highest BCUT2D eigenvalue weighted by atomic mass is 127. The number of aryl methyl sites for hydroxylation is 1. The molecule has 0 atom stereocenters. The standard InChI is InChI=1S/C18H21ClN6OS.HI/c1-3-14-10-22-16(27-14)11-23-18(20-2)21-8-7-15-24-17(25-26-15)12-5-4-6-13(19)9-12;/h4-6,9-10H,3,7-8,11H2,1-2H3,(H2,20,21,23);1H. The van der Waals surface area contributed by atoms with Crippen LogP contribution in [0.5, 0.6) is 0 Å². The lowest BCUT2D eigenvalue weighted by atomic mass is 10.2. The number of nitrogens with one attached hydrogen (secondary N) is 2. The summed E-state index contributed by atoms with van der Waals surface area (Å²) in [5, 5.41) is 12.2. The number of halogens is 2. The molecule has 28 heavy (non-hydrogen) atoms. The molecule has 0 aliphatic rings. The van der Waals surface area contributed by atoms with Gasteiger partial charge in [0.25, 0.3) is 0 Å². The molecular weight excluding hydrogens is 511 g/mol. The van der Waals surface area contributed by atoms with Crippen molar-refractivity contribution in [2.24, 2.45) is 4.99 Å². The first kappa shape index (κ1) is 22.6. The molecule has 2 heterocycles. The Morgan fingerprint density at radius 2 is 2.18 bits per heavy atom. The summed E-state index contributed by atoms with van der Waals surface area (Å²) in [6.07, 6.45) is 3.52. The van der Waals surface area contributed by atoms with E-state index >= 15 is 0 Å². The minimum absolute atomic E-state index is 0. The smallest absolute Gasteiger partial charge is 0.228 e. The molecule has 3 rings (SSSR count). The predicted octanol–water partition coefficient (Wildman–Crippen LogP) is 3.93. The average molecular weight is 533 g/mol. The highest BCUT2D eigenvalue weighted by Gasteiger charge is 2.09. The highest BCUT2D eigenvalue weighted by Crippen LogP contribution is 2.19. The molecule has 10 heteroatoms. The van der Waals surface area contributed by atoms with Gasteiger partial charge < -0.3 is 15.2 Å². The van der Waals surface area contributed by atoms with Crippen molar-refractivity contribution in [3.05, 3.63) is 51.3 Å². The van der Waals surface area contributed by atoms with E-state index in [0.717, 1.165) is 17.0 Å². The third-order valence-electron chi connectivity index (χ3n) is 3.76. The number of aromatic nitrogens is 3. The van der Waals surface area contributed by atoms with Crippen LogP contribution in [-0.4, -0.2) is 34.7 Å². The number of benzene rings is 1. The third-order valence-corrected chi connectivity index (χ3v) is 5.14. The predicted molar refractivity (Wildman–Crippen MR) is 124 cm³/mol. The molecule has 0 aliphatic heterocycles. The van der Waals surface area contributed by atoms with Gasteiger partial charge in [-0.15, -0.1) is 35.3 Å². The Labute approximate surface area is 190 Å². The van der Waals surface area contributed by atoms with E-state index in [4.69, 9.17) is 16.1 Å². The third kappa shape index (κ3) is 6.42. The maximum atomic E-state index is 6.00. The fourth-order valence-corrected chi connectivity index (χ4v) is 3.35. The number of aliphatic imine (C=N–C) groups is 1. The summed E-state index contributed by atoms with van der Waals surface area (Å²) in [5.74, 6) is 1.80. The largest absolute Gasteiger partial charge is 0.356 e. The van der Waals surface area contributed by atoms with Crippen LogP contribution in [0.4, 0.5) is 0 Å². The lowest BCUT2D eigenvalue weighted by molar-refractivity contribution is 0.378. The lowest BCUT2D eigenvalue weighted by Crippen LogP contribution is -2.37. The van der Waals surface area contributed by atoms with Crippen LogP contribution in [0.15, 0.2) is 40.0 Å². The van der Waals surface area contributed by atoms with E-state index in [9.17, 15) is 0 Å². The SMILES string of the molecule is CCc1cnc(CNC(=NC)NCCc2nc(-c3cccc(Cl)c3)no2)s1.I. The summed E-state index contributed by atoms with van der Waals surface area (Å²) in [4.78, 5) is 14.3. The minimum Gasteiger partial charge on any atom is -0.356 e. The topological polar surface area (TPSA) is 88.2 Å². The molecule has 3 aromatic rings. The van der Waals surface area contributed by atoms with Crippen molar-refractivity contribution in [1.82, 2.24) is 25.8 Å². The Morgan fingerprint density at radius 3 is 2.89 bits per heavy atom. The zero-order chi connectivity index (χ0) is 19.1. The molecule has 7 nitrogen and oxygen atoms in total. The first-order chi connectivity index (χ1) is 13.2. The van der Waals surface area contributed by atoms with E-state index in [1.165, 1.54) is 4.88 Å². The highest BCUT2D eigenvalue weighted by molar-refractivity contribution is 14.0.